The molecule has 17 heavy (non-hydrogen) atoms. The van der Waals surface area contributed by atoms with Crippen molar-refractivity contribution in [1.29, 1.82) is 0 Å². The van der Waals surface area contributed by atoms with Crippen LogP contribution in [0.15, 0.2) is 35.6 Å². The van der Waals surface area contributed by atoms with Crippen LogP contribution in [0.3, 0.4) is 0 Å². The van der Waals surface area contributed by atoms with Crippen molar-refractivity contribution >= 4 is 21.8 Å². The maximum Gasteiger partial charge on any atom is 0.267 e. The molecule has 0 aromatic carbocycles. The smallest absolute Gasteiger partial charge is 0.267 e. The second kappa shape index (κ2) is 4.42. The number of pyridine rings is 1. The zero-order valence-corrected chi connectivity index (χ0v) is 9.82. The van der Waals surface area contributed by atoms with Crippen molar-refractivity contribution in [1.82, 2.24) is 15.0 Å². The number of imidazole rings is 1. The molecule has 0 aliphatic heterocycles. The lowest BCUT2D eigenvalue weighted by molar-refractivity contribution is 0.601. The number of nitrogens with zero attached hydrogens (tertiary/aromatic N) is 2. The second-order valence-corrected chi connectivity index (χ2v) is 4.79. The van der Waals surface area contributed by atoms with Crippen LogP contribution in [0.5, 0.6) is 0 Å². The second-order valence-electron chi connectivity index (χ2n) is 3.14. The van der Waals surface area contributed by atoms with Gasteiger partial charge in [-0.15, -0.1) is 0 Å². The zero-order valence-electron chi connectivity index (χ0n) is 9.01. The van der Waals surface area contributed by atoms with Gasteiger partial charge in [-0.1, -0.05) is 0 Å². The van der Waals surface area contributed by atoms with Gasteiger partial charge < -0.3 is 10.3 Å². The van der Waals surface area contributed by atoms with Gasteiger partial charge in [-0.2, -0.15) is 0 Å². The summed E-state index contributed by atoms with van der Waals surface area (Å²) < 4.78 is 26.4. The van der Waals surface area contributed by atoms with Crippen LogP contribution in [-0.4, -0.2) is 30.4 Å². The van der Waals surface area contributed by atoms with Crippen LogP contribution in [0.4, 0.5) is 11.8 Å². The van der Waals surface area contributed by atoms with E-state index in [9.17, 15) is 8.42 Å². The van der Waals surface area contributed by atoms with E-state index in [-0.39, 0.29) is 16.7 Å². The van der Waals surface area contributed by atoms with E-state index >= 15 is 0 Å². The minimum atomic E-state index is -3.69. The van der Waals surface area contributed by atoms with Crippen LogP contribution in [0, 0.1) is 0 Å². The summed E-state index contributed by atoms with van der Waals surface area (Å²) in [5.41, 5.74) is 0. The van der Waals surface area contributed by atoms with E-state index in [1.54, 1.807) is 13.1 Å². The molecule has 2 heterocycles. The number of sulfonamides is 1. The molecule has 0 saturated carbocycles. The standard InChI is InChI=1S/C9H11N5O2S/c1-10-8-7(3-2-4-11-8)17(15,16)14-9-12-5-6-13-9/h2-6H,1H3,(H,10,11)(H2,12,13,14). The lowest BCUT2D eigenvalue weighted by Gasteiger charge is -2.08. The van der Waals surface area contributed by atoms with E-state index in [1.165, 1.54) is 24.7 Å². The number of H-pyrrole nitrogens is 1. The molecule has 0 aliphatic rings. The Hall–Kier alpha value is -2.09. The lowest BCUT2D eigenvalue weighted by Crippen LogP contribution is -2.16. The van der Waals surface area contributed by atoms with E-state index in [0.29, 0.717) is 0 Å². The maximum atomic E-state index is 12.0. The van der Waals surface area contributed by atoms with Gasteiger partial charge in [0.1, 0.15) is 10.7 Å². The summed E-state index contributed by atoms with van der Waals surface area (Å²) in [7, 11) is -2.09. The molecule has 0 atom stereocenters. The van der Waals surface area contributed by atoms with Gasteiger partial charge in [0.15, 0.2) is 0 Å². The average Bonchev–Trinajstić information content (AvgIpc) is 2.81. The van der Waals surface area contributed by atoms with Crippen molar-refractivity contribution in [2.24, 2.45) is 0 Å². The number of hydrogen-bond acceptors (Lipinski definition) is 5. The fourth-order valence-electron chi connectivity index (χ4n) is 1.30. The number of rotatable bonds is 4. The van der Waals surface area contributed by atoms with Gasteiger partial charge >= 0.3 is 0 Å². The molecule has 3 N–H and O–H groups in total. The highest BCUT2D eigenvalue weighted by molar-refractivity contribution is 7.92. The number of anilines is 2. The third kappa shape index (κ3) is 2.36. The summed E-state index contributed by atoms with van der Waals surface area (Å²) in [5, 5.41) is 2.72. The molecule has 0 radical (unpaired) electrons. The van der Waals surface area contributed by atoms with Crippen LogP contribution in [-0.2, 0) is 10.0 Å². The predicted octanol–water partition coefficient (Wildman–Crippen LogP) is 0.647. The molecule has 0 saturated heterocycles. The Morgan fingerprint density at radius 3 is 2.76 bits per heavy atom. The van der Waals surface area contributed by atoms with E-state index in [0.717, 1.165) is 0 Å². The Bertz CT molecular complexity index is 594. The van der Waals surface area contributed by atoms with Gasteiger partial charge in [-0.25, -0.2) is 23.1 Å². The minimum Gasteiger partial charge on any atom is -0.372 e. The van der Waals surface area contributed by atoms with Crippen molar-refractivity contribution in [3.8, 4) is 0 Å². The molecule has 0 bridgehead atoms. The molecule has 0 spiro atoms. The zero-order chi connectivity index (χ0) is 12.3. The summed E-state index contributed by atoms with van der Waals surface area (Å²) in [6.45, 7) is 0. The molecule has 0 fully saturated rings. The summed E-state index contributed by atoms with van der Waals surface area (Å²) >= 11 is 0. The van der Waals surface area contributed by atoms with E-state index in [1.807, 2.05) is 0 Å². The monoisotopic (exact) mass is 253 g/mol. The third-order valence-corrected chi connectivity index (χ3v) is 3.40. The van der Waals surface area contributed by atoms with Gasteiger partial charge in [0.2, 0.25) is 5.95 Å². The Kier molecular flexibility index (Phi) is 2.96. The fourth-order valence-corrected chi connectivity index (χ4v) is 2.44. The molecular weight excluding hydrogens is 242 g/mol. The first-order valence-corrected chi connectivity index (χ1v) is 6.27. The van der Waals surface area contributed by atoms with Gasteiger partial charge in [0.25, 0.3) is 10.0 Å². The number of aromatic nitrogens is 3. The van der Waals surface area contributed by atoms with Crippen LogP contribution in [0.25, 0.3) is 0 Å². The molecule has 0 amide bonds. The number of aromatic amines is 1. The number of nitrogens with one attached hydrogen (secondary N) is 3. The molecule has 0 unspecified atom stereocenters. The van der Waals surface area contributed by atoms with Crippen LogP contribution in [0.2, 0.25) is 0 Å². The predicted molar refractivity (Wildman–Crippen MR) is 63.2 cm³/mol. The van der Waals surface area contributed by atoms with Crippen molar-refractivity contribution in [3.63, 3.8) is 0 Å². The van der Waals surface area contributed by atoms with Gasteiger partial charge in [-0.3, -0.25) is 0 Å². The van der Waals surface area contributed by atoms with Crippen LogP contribution < -0.4 is 10.0 Å². The van der Waals surface area contributed by atoms with E-state index in [4.69, 9.17) is 0 Å². The fraction of sp³-hybridized carbons (Fsp3) is 0.111. The molecule has 2 rings (SSSR count). The van der Waals surface area contributed by atoms with Gasteiger partial charge in [0.05, 0.1) is 0 Å². The van der Waals surface area contributed by atoms with Crippen LogP contribution in [0.1, 0.15) is 0 Å². The summed E-state index contributed by atoms with van der Waals surface area (Å²) in [6, 6.07) is 3.02. The van der Waals surface area contributed by atoms with Gasteiger partial charge in [-0.05, 0) is 12.1 Å². The highest BCUT2D eigenvalue weighted by Crippen LogP contribution is 2.19. The Labute approximate surface area is 98.4 Å². The Morgan fingerprint density at radius 1 is 1.29 bits per heavy atom. The quantitative estimate of drug-likeness (QED) is 0.742. The highest BCUT2D eigenvalue weighted by atomic mass is 32.2. The first-order chi connectivity index (χ1) is 8.13. The minimum absolute atomic E-state index is 0.0684. The van der Waals surface area contributed by atoms with Crippen molar-refractivity contribution in [3.05, 3.63) is 30.7 Å². The van der Waals surface area contributed by atoms with E-state index in [2.05, 4.69) is 25.0 Å². The average molecular weight is 253 g/mol. The Morgan fingerprint density at radius 2 is 2.12 bits per heavy atom. The first kappa shape index (κ1) is 11.4. The molecule has 7 nitrogen and oxygen atoms in total. The first-order valence-electron chi connectivity index (χ1n) is 4.78. The van der Waals surface area contributed by atoms with Gasteiger partial charge in [0, 0.05) is 25.6 Å². The van der Waals surface area contributed by atoms with Crippen LogP contribution >= 0.6 is 0 Å². The lowest BCUT2D eigenvalue weighted by atomic mass is 10.5. The molecule has 8 heteroatoms. The molecule has 0 aliphatic carbocycles. The SMILES string of the molecule is CNc1ncccc1S(=O)(=O)Nc1ncc[nH]1. The van der Waals surface area contributed by atoms with Crippen molar-refractivity contribution in [2.45, 2.75) is 4.90 Å². The van der Waals surface area contributed by atoms with Crippen molar-refractivity contribution < 1.29 is 8.42 Å². The molecule has 2 aromatic heterocycles. The summed E-state index contributed by atoms with van der Waals surface area (Å²) in [5.74, 6) is 0.447. The topological polar surface area (TPSA) is 99.8 Å². The molecule has 90 valence electrons. The van der Waals surface area contributed by atoms with E-state index < -0.39 is 10.0 Å². The summed E-state index contributed by atoms with van der Waals surface area (Å²) in [6.07, 6.45) is 4.50. The highest BCUT2D eigenvalue weighted by Gasteiger charge is 2.19. The Balaban J connectivity index is 2.38. The molecular formula is C9H11N5O2S. The third-order valence-electron chi connectivity index (χ3n) is 2.03. The maximum absolute atomic E-state index is 12.0. The largest absolute Gasteiger partial charge is 0.372 e. The molecule has 2 aromatic rings. The summed E-state index contributed by atoms with van der Waals surface area (Å²) in [4.78, 5) is 10.5. The van der Waals surface area contributed by atoms with Crippen molar-refractivity contribution in [2.75, 3.05) is 17.1 Å². The number of hydrogen-bond donors (Lipinski definition) is 3. The normalized spacial score (nSPS) is 11.1.